The monoisotopic (exact) mass is 188 g/mol. The Morgan fingerprint density at radius 2 is 2.08 bits per heavy atom. The summed E-state index contributed by atoms with van der Waals surface area (Å²) in [5.41, 5.74) is -0.0835. The van der Waals surface area contributed by atoms with E-state index in [1.807, 2.05) is 0 Å². The van der Waals surface area contributed by atoms with Gasteiger partial charge in [-0.1, -0.05) is 5.16 Å². The lowest BCUT2D eigenvalue weighted by atomic mass is 10.2. The Labute approximate surface area is 77.8 Å². The molecule has 0 radical (unpaired) electrons. The molecule has 0 aliphatic heterocycles. The number of amides is 1. The van der Waals surface area contributed by atoms with E-state index in [2.05, 4.69) is 10.5 Å². The van der Waals surface area contributed by atoms with Crippen molar-refractivity contribution >= 4 is 11.8 Å². The van der Waals surface area contributed by atoms with Gasteiger partial charge < -0.3 is 15.3 Å². The third kappa shape index (κ3) is 7.11. The van der Waals surface area contributed by atoms with E-state index >= 15 is 0 Å². The molecule has 0 aromatic heterocycles. The predicted octanol–water partition coefficient (Wildman–Crippen LogP) is 1.36. The minimum absolute atomic E-state index is 0.186. The number of oxime groups is 1. The molecule has 0 aliphatic rings. The summed E-state index contributed by atoms with van der Waals surface area (Å²) in [5.74, 6) is 0. The van der Waals surface area contributed by atoms with Crippen LogP contribution in [0.5, 0.6) is 0 Å². The molecule has 0 saturated carbocycles. The molecule has 0 bridgehead atoms. The molecule has 0 heterocycles. The molecule has 1 amide bonds. The van der Waals surface area contributed by atoms with Crippen molar-refractivity contribution in [2.24, 2.45) is 5.16 Å². The number of nitrogens with one attached hydrogen (secondary N) is 1. The van der Waals surface area contributed by atoms with E-state index in [4.69, 9.17) is 9.94 Å². The number of rotatable bonds is 2. The average Bonchev–Trinajstić information content (AvgIpc) is 1.97. The second-order valence-corrected chi connectivity index (χ2v) is 3.69. The van der Waals surface area contributed by atoms with Crippen LogP contribution in [-0.2, 0) is 4.74 Å². The topological polar surface area (TPSA) is 70.9 Å². The Morgan fingerprint density at radius 3 is 2.46 bits per heavy atom. The first-order valence-electron chi connectivity index (χ1n) is 3.99. The largest absolute Gasteiger partial charge is 0.444 e. The van der Waals surface area contributed by atoms with Crippen LogP contribution in [0.2, 0.25) is 0 Å². The number of ether oxygens (including phenoxy) is 1. The van der Waals surface area contributed by atoms with Gasteiger partial charge in [-0.2, -0.15) is 0 Å². The highest BCUT2D eigenvalue weighted by molar-refractivity contribution is 5.86. The summed E-state index contributed by atoms with van der Waals surface area (Å²) in [7, 11) is 0. The van der Waals surface area contributed by atoms with Crippen LogP contribution in [0.1, 0.15) is 27.7 Å². The van der Waals surface area contributed by atoms with Gasteiger partial charge in [0.05, 0.1) is 12.3 Å². The molecule has 76 valence electrons. The average molecular weight is 188 g/mol. The molecular formula is C8H16N2O3. The molecule has 2 N–H and O–H groups in total. The normalized spacial score (nSPS) is 12.5. The minimum Gasteiger partial charge on any atom is -0.444 e. The second-order valence-electron chi connectivity index (χ2n) is 3.69. The van der Waals surface area contributed by atoms with Crippen LogP contribution >= 0.6 is 0 Å². The predicted molar refractivity (Wildman–Crippen MR) is 49.1 cm³/mol. The van der Waals surface area contributed by atoms with Gasteiger partial charge in [0.2, 0.25) is 0 Å². The quantitative estimate of drug-likeness (QED) is 0.390. The fourth-order valence-corrected chi connectivity index (χ4v) is 0.550. The molecule has 0 fully saturated rings. The summed E-state index contributed by atoms with van der Waals surface area (Å²) in [6, 6.07) is 0. The maximum Gasteiger partial charge on any atom is 0.407 e. The summed E-state index contributed by atoms with van der Waals surface area (Å²) in [6.45, 7) is 7.11. The first-order chi connectivity index (χ1) is 5.85. The zero-order valence-corrected chi connectivity index (χ0v) is 8.42. The number of hydrogen-bond donors (Lipinski definition) is 2. The van der Waals surface area contributed by atoms with Crippen LogP contribution < -0.4 is 5.32 Å². The molecular weight excluding hydrogens is 172 g/mol. The Balaban J connectivity index is 3.77. The summed E-state index contributed by atoms with van der Waals surface area (Å²) in [5, 5.41) is 13.6. The number of nitrogens with zero attached hydrogens (tertiary/aromatic N) is 1. The first-order valence-corrected chi connectivity index (χ1v) is 3.99. The van der Waals surface area contributed by atoms with Crippen molar-refractivity contribution in [2.75, 3.05) is 6.54 Å². The molecule has 13 heavy (non-hydrogen) atoms. The van der Waals surface area contributed by atoms with Crippen molar-refractivity contribution in [3.05, 3.63) is 0 Å². The van der Waals surface area contributed by atoms with Crippen LogP contribution in [-0.4, -0.2) is 29.2 Å². The van der Waals surface area contributed by atoms with E-state index in [0.29, 0.717) is 5.71 Å². The standard InChI is InChI=1S/C8H16N2O3/c1-6(10-12)5-9-7(11)13-8(2,3)4/h12H,5H2,1-4H3,(H,9,11)/b10-6+. The van der Waals surface area contributed by atoms with Crippen LogP contribution in [0.3, 0.4) is 0 Å². The first kappa shape index (κ1) is 11.7. The molecule has 0 atom stereocenters. The van der Waals surface area contributed by atoms with Gasteiger partial charge in [-0.25, -0.2) is 4.79 Å². The molecule has 0 aliphatic carbocycles. The van der Waals surface area contributed by atoms with Gasteiger partial charge in [0.15, 0.2) is 0 Å². The number of carbonyl (C=O) groups is 1. The number of carbonyl (C=O) groups excluding carboxylic acids is 1. The SMILES string of the molecule is C/C(CNC(=O)OC(C)(C)C)=N\O. The van der Waals surface area contributed by atoms with E-state index < -0.39 is 11.7 Å². The second kappa shape index (κ2) is 4.69. The lowest BCUT2D eigenvalue weighted by Gasteiger charge is -2.19. The van der Waals surface area contributed by atoms with Crippen LogP contribution in [0.15, 0.2) is 5.16 Å². The maximum atomic E-state index is 11.0. The smallest absolute Gasteiger partial charge is 0.407 e. The Bertz CT molecular complexity index is 206. The van der Waals surface area contributed by atoms with E-state index in [9.17, 15) is 4.79 Å². The maximum absolute atomic E-state index is 11.0. The van der Waals surface area contributed by atoms with Gasteiger partial charge in [-0.05, 0) is 27.7 Å². The Hall–Kier alpha value is -1.26. The molecule has 0 unspecified atom stereocenters. The van der Waals surface area contributed by atoms with Crippen LogP contribution in [0, 0.1) is 0 Å². The number of alkyl carbamates (subject to hydrolysis) is 1. The van der Waals surface area contributed by atoms with Crippen molar-refractivity contribution in [1.82, 2.24) is 5.32 Å². The van der Waals surface area contributed by atoms with Gasteiger partial charge in [-0.15, -0.1) is 0 Å². The minimum atomic E-state index is -0.518. The zero-order valence-electron chi connectivity index (χ0n) is 8.42. The molecule has 0 spiro atoms. The van der Waals surface area contributed by atoms with Gasteiger partial charge in [-0.3, -0.25) is 0 Å². The van der Waals surface area contributed by atoms with Crippen molar-refractivity contribution in [1.29, 1.82) is 0 Å². The van der Waals surface area contributed by atoms with Crippen molar-refractivity contribution in [3.63, 3.8) is 0 Å². The lowest BCUT2D eigenvalue weighted by Crippen LogP contribution is -2.34. The van der Waals surface area contributed by atoms with Gasteiger partial charge in [0, 0.05) is 0 Å². The molecule has 0 saturated heterocycles. The van der Waals surface area contributed by atoms with E-state index in [-0.39, 0.29) is 6.54 Å². The summed E-state index contributed by atoms with van der Waals surface area (Å²) in [6.07, 6.45) is -0.518. The molecule has 5 heteroatoms. The zero-order chi connectivity index (χ0) is 10.5. The highest BCUT2D eigenvalue weighted by atomic mass is 16.6. The van der Waals surface area contributed by atoms with Crippen LogP contribution in [0.25, 0.3) is 0 Å². The van der Waals surface area contributed by atoms with Crippen molar-refractivity contribution in [3.8, 4) is 0 Å². The Morgan fingerprint density at radius 1 is 1.54 bits per heavy atom. The van der Waals surface area contributed by atoms with Gasteiger partial charge in [0.25, 0.3) is 0 Å². The van der Waals surface area contributed by atoms with E-state index in [1.165, 1.54) is 0 Å². The third-order valence-corrected chi connectivity index (χ3v) is 1.06. The van der Waals surface area contributed by atoms with E-state index in [0.717, 1.165) is 0 Å². The van der Waals surface area contributed by atoms with Gasteiger partial charge in [0.1, 0.15) is 5.60 Å². The molecule has 5 nitrogen and oxygen atoms in total. The lowest BCUT2D eigenvalue weighted by molar-refractivity contribution is 0.0535. The highest BCUT2D eigenvalue weighted by Crippen LogP contribution is 2.05. The molecule has 0 aromatic rings. The fraction of sp³-hybridized carbons (Fsp3) is 0.750. The fourth-order valence-electron chi connectivity index (χ4n) is 0.550. The van der Waals surface area contributed by atoms with Crippen LogP contribution in [0.4, 0.5) is 4.79 Å². The molecule has 0 rings (SSSR count). The summed E-state index contributed by atoms with van der Waals surface area (Å²) >= 11 is 0. The summed E-state index contributed by atoms with van der Waals surface area (Å²) < 4.78 is 4.95. The van der Waals surface area contributed by atoms with Crippen molar-refractivity contribution in [2.45, 2.75) is 33.3 Å². The van der Waals surface area contributed by atoms with E-state index in [1.54, 1.807) is 27.7 Å². The highest BCUT2D eigenvalue weighted by Gasteiger charge is 2.15. The summed E-state index contributed by atoms with van der Waals surface area (Å²) in [4.78, 5) is 11.0. The third-order valence-electron chi connectivity index (χ3n) is 1.06. The number of hydrogen-bond acceptors (Lipinski definition) is 4. The van der Waals surface area contributed by atoms with Gasteiger partial charge >= 0.3 is 6.09 Å². The Kier molecular flexibility index (Phi) is 4.23. The molecule has 0 aromatic carbocycles. The van der Waals surface area contributed by atoms with Crippen molar-refractivity contribution < 1.29 is 14.7 Å².